The Bertz CT molecular complexity index is 380. The van der Waals surface area contributed by atoms with Crippen molar-refractivity contribution in [2.24, 2.45) is 0 Å². The molecule has 0 spiro atoms. The summed E-state index contributed by atoms with van der Waals surface area (Å²) >= 11 is 12.1. The van der Waals surface area contributed by atoms with Gasteiger partial charge in [0.1, 0.15) is 6.23 Å². The van der Waals surface area contributed by atoms with Crippen LogP contribution in [0.1, 0.15) is 12.0 Å². The van der Waals surface area contributed by atoms with Crippen LogP contribution in [0.15, 0.2) is 18.2 Å². The molecule has 94 valence electrons. The summed E-state index contributed by atoms with van der Waals surface area (Å²) in [5, 5.41) is 20.6. The van der Waals surface area contributed by atoms with Crippen LogP contribution in [0.2, 0.25) is 10.0 Å². The normalized spacial score (nSPS) is 22.9. The number of likely N-dealkylation sites (tertiary alicyclic amines) is 1. The van der Waals surface area contributed by atoms with Crippen molar-refractivity contribution in [2.45, 2.75) is 25.2 Å². The highest BCUT2D eigenvalue weighted by Gasteiger charge is 2.26. The summed E-state index contributed by atoms with van der Waals surface area (Å²) in [6, 6.07) is 5.29. The first-order chi connectivity index (χ1) is 8.08. The number of benzene rings is 1. The molecule has 0 saturated carbocycles. The van der Waals surface area contributed by atoms with E-state index in [-0.39, 0.29) is 6.10 Å². The molecule has 17 heavy (non-hydrogen) atoms. The second-order valence-corrected chi connectivity index (χ2v) is 5.14. The second-order valence-electron chi connectivity index (χ2n) is 4.32. The molecular formula is C12H15Cl2NO2. The smallest absolute Gasteiger partial charge is 0.111 e. The first kappa shape index (κ1) is 13.1. The van der Waals surface area contributed by atoms with E-state index in [4.69, 9.17) is 23.2 Å². The van der Waals surface area contributed by atoms with Crippen molar-refractivity contribution in [2.75, 3.05) is 13.1 Å². The number of nitrogens with zero attached hydrogens (tertiary/aromatic N) is 1. The summed E-state index contributed by atoms with van der Waals surface area (Å²) in [7, 11) is 0. The third-order valence-corrected chi connectivity index (χ3v) is 3.77. The standard InChI is InChI=1S/C12H15Cl2NO2/c13-10-2-1-3-11(14)9(10)6-12(17)15-5-4-8(16)7-15/h1-3,8,12,16-17H,4-7H2. The van der Waals surface area contributed by atoms with Crippen LogP contribution < -0.4 is 0 Å². The van der Waals surface area contributed by atoms with Crippen molar-refractivity contribution in [3.8, 4) is 0 Å². The van der Waals surface area contributed by atoms with Gasteiger partial charge in [0.25, 0.3) is 0 Å². The van der Waals surface area contributed by atoms with Gasteiger partial charge in [-0.3, -0.25) is 4.90 Å². The lowest BCUT2D eigenvalue weighted by atomic mass is 10.1. The van der Waals surface area contributed by atoms with Gasteiger partial charge in [0.15, 0.2) is 0 Å². The van der Waals surface area contributed by atoms with E-state index in [1.54, 1.807) is 18.2 Å². The van der Waals surface area contributed by atoms with Gasteiger partial charge in [-0.25, -0.2) is 0 Å². The fraction of sp³-hybridized carbons (Fsp3) is 0.500. The molecule has 2 atom stereocenters. The summed E-state index contributed by atoms with van der Waals surface area (Å²) in [5.74, 6) is 0. The maximum Gasteiger partial charge on any atom is 0.111 e. The van der Waals surface area contributed by atoms with Crippen LogP contribution in [0, 0.1) is 0 Å². The van der Waals surface area contributed by atoms with Crippen molar-refractivity contribution < 1.29 is 10.2 Å². The van der Waals surface area contributed by atoms with E-state index in [9.17, 15) is 10.2 Å². The van der Waals surface area contributed by atoms with Crippen LogP contribution in [0.25, 0.3) is 0 Å². The van der Waals surface area contributed by atoms with E-state index in [1.807, 2.05) is 4.90 Å². The highest BCUT2D eigenvalue weighted by atomic mass is 35.5. The van der Waals surface area contributed by atoms with Crippen molar-refractivity contribution in [3.05, 3.63) is 33.8 Å². The summed E-state index contributed by atoms with van der Waals surface area (Å²) in [4.78, 5) is 1.84. The fourth-order valence-electron chi connectivity index (χ4n) is 2.08. The minimum absolute atomic E-state index is 0.341. The molecule has 0 aliphatic carbocycles. The molecule has 0 amide bonds. The summed E-state index contributed by atoms with van der Waals surface area (Å²) in [6.45, 7) is 1.20. The van der Waals surface area contributed by atoms with Gasteiger partial charge in [-0.2, -0.15) is 0 Å². The average Bonchev–Trinajstić information content (AvgIpc) is 2.70. The van der Waals surface area contributed by atoms with Gasteiger partial charge < -0.3 is 10.2 Å². The molecule has 1 heterocycles. The molecule has 1 aliphatic rings. The molecule has 0 radical (unpaired) electrons. The van der Waals surface area contributed by atoms with Crippen LogP contribution in [-0.2, 0) is 6.42 Å². The minimum atomic E-state index is -0.649. The van der Waals surface area contributed by atoms with Gasteiger partial charge >= 0.3 is 0 Å². The Kier molecular flexibility index (Phi) is 4.28. The minimum Gasteiger partial charge on any atom is -0.392 e. The molecule has 0 aromatic heterocycles. The van der Waals surface area contributed by atoms with Gasteiger partial charge in [0, 0.05) is 29.6 Å². The van der Waals surface area contributed by atoms with Crippen molar-refractivity contribution in [1.29, 1.82) is 0 Å². The SMILES string of the molecule is OC1CCN(C(O)Cc2c(Cl)cccc2Cl)C1. The Labute approximate surface area is 111 Å². The van der Waals surface area contributed by atoms with Crippen LogP contribution in [0.3, 0.4) is 0 Å². The summed E-state index contributed by atoms with van der Waals surface area (Å²) in [5.41, 5.74) is 0.754. The molecule has 5 heteroatoms. The maximum atomic E-state index is 10.1. The second kappa shape index (κ2) is 5.55. The molecule has 3 nitrogen and oxygen atoms in total. The molecule has 1 saturated heterocycles. The van der Waals surface area contributed by atoms with Gasteiger partial charge in [0.2, 0.25) is 0 Å². The molecule has 1 aromatic rings. The van der Waals surface area contributed by atoms with Gasteiger partial charge in [-0.1, -0.05) is 29.3 Å². The fourth-order valence-corrected chi connectivity index (χ4v) is 2.63. The zero-order valence-corrected chi connectivity index (χ0v) is 10.8. The Morgan fingerprint density at radius 3 is 2.53 bits per heavy atom. The molecule has 1 aromatic carbocycles. The maximum absolute atomic E-state index is 10.1. The molecule has 2 N–H and O–H groups in total. The first-order valence-corrected chi connectivity index (χ1v) is 6.36. The van der Waals surface area contributed by atoms with Crippen molar-refractivity contribution in [3.63, 3.8) is 0 Å². The summed E-state index contributed by atoms with van der Waals surface area (Å²) < 4.78 is 0. The third-order valence-electron chi connectivity index (χ3n) is 3.06. The highest BCUT2D eigenvalue weighted by molar-refractivity contribution is 6.35. The predicted octanol–water partition coefficient (Wildman–Crippen LogP) is 1.92. The number of aliphatic hydroxyl groups excluding tert-OH is 2. The van der Waals surface area contributed by atoms with E-state index in [0.29, 0.717) is 36.0 Å². The molecular weight excluding hydrogens is 261 g/mol. The highest BCUT2D eigenvalue weighted by Crippen LogP contribution is 2.26. The van der Waals surface area contributed by atoms with Crippen LogP contribution in [-0.4, -0.2) is 40.5 Å². The first-order valence-electron chi connectivity index (χ1n) is 5.61. The van der Waals surface area contributed by atoms with E-state index >= 15 is 0 Å². The van der Waals surface area contributed by atoms with Gasteiger partial charge in [-0.05, 0) is 24.1 Å². The zero-order chi connectivity index (χ0) is 12.4. The number of hydrogen-bond donors (Lipinski definition) is 2. The Morgan fingerprint density at radius 1 is 1.35 bits per heavy atom. The Balaban J connectivity index is 2.05. The lowest BCUT2D eigenvalue weighted by Gasteiger charge is -2.23. The lowest BCUT2D eigenvalue weighted by Crippen LogP contribution is -2.35. The van der Waals surface area contributed by atoms with Gasteiger partial charge in [-0.15, -0.1) is 0 Å². The monoisotopic (exact) mass is 275 g/mol. The lowest BCUT2D eigenvalue weighted by molar-refractivity contribution is 0.0127. The van der Waals surface area contributed by atoms with Crippen LogP contribution in [0.4, 0.5) is 0 Å². The molecule has 1 fully saturated rings. The Hall–Kier alpha value is -0.320. The van der Waals surface area contributed by atoms with E-state index < -0.39 is 6.23 Å². The predicted molar refractivity (Wildman–Crippen MR) is 68.4 cm³/mol. The number of aliphatic hydroxyl groups is 2. The van der Waals surface area contributed by atoms with Crippen molar-refractivity contribution >= 4 is 23.2 Å². The van der Waals surface area contributed by atoms with E-state index in [0.717, 1.165) is 5.56 Å². The number of β-amino-alcohol motifs (C(OH)–C–C–N with tert-alkyl or cyclic N) is 1. The number of halogens is 2. The topological polar surface area (TPSA) is 43.7 Å². The zero-order valence-electron chi connectivity index (χ0n) is 9.31. The molecule has 1 aliphatic heterocycles. The van der Waals surface area contributed by atoms with E-state index in [1.165, 1.54) is 0 Å². The summed E-state index contributed by atoms with van der Waals surface area (Å²) in [6.07, 6.45) is 0.0920. The van der Waals surface area contributed by atoms with Crippen LogP contribution in [0.5, 0.6) is 0 Å². The van der Waals surface area contributed by atoms with Crippen molar-refractivity contribution in [1.82, 2.24) is 4.90 Å². The quantitative estimate of drug-likeness (QED) is 0.886. The number of hydrogen-bond acceptors (Lipinski definition) is 3. The molecule has 2 rings (SSSR count). The average molecular weight is 276 g/mol. The molecule has 0 bridgehead atoms. The largest absolute Gasteiger partial charge is 0.392 e. The van der Waals surface area contributed by atoms with Gasteiger partial charge in [0.05, 0.1) is 6.10 Å². The van der Waals surface area contributed by atoms with Crippen LogP contribution >= 0.6 is 23.2 Å². The third kappa shape index (κ3) is 3.12. The Morgan fingerprint density at radius 2 is 2.00 bits per heavy atom. The number of rotatable bonds is 3. The van der Waals surface area contributed by atoms with E-state index in [2.05, 4.69) is 0 Å². The molecule has 2 unspecified atom stereocenters.